The molecule has 0 saturated carbocycles. The Kier molecular flexibility index (Phi) is 3.90. The zero-order chi connectivity index (χ0) is 14.8. The first kappa shape index (κ1) is 14.0. The first-order valence-electron chi connectivity index (χ1n) is 6.22. The van der Waals surface area contributed by atoms with Crippen LogP contribution in [0.15, 0.2) is 45.5 Å². The zero-order valence-corrected chi connectivity index (χ0v) is 13.5. The van der Waals surface area contributed by atoms with Gasteiger partial charge in [-0.15, -0.1) is 0 Å². The predicted molar refractivity (Wildman–Crippen MR) is 88.4 cm³/mol. The van der Waals surface area contributed by atoms with Gasteiger partial charge in [0.2, 0.25) is 5.91 Å². The number of para-hydroxylation sites is 1. The highest BCUT2D eigenvalue weighted by atomic mass is 79.9. The summed E-state index contributed by atoms with van der Waals surface area (Å²) in [7, 11) is 0. The highest BCUT2D eigenvalue weighted by molar-refractivity contribution is 9.10. The highest BCUT2D eigenvalue weighted by Crippen LogP contribution is 2.27. The molecule has 0 unspecified atom stereocenters. The molecule has 1 aromatic carbocycles. The van der Waals surface area contributed by atoms with Crippen molar-refractivity contribution in [1.82, 2.24) is 4.98 Å². The molecule has 0 bridgehead atoms. The zero-order valence-electron chi connectivity index (χ0n) is 11.1. The topological polar surface area (TPSA) is 55.1 Å². The minimum Gasteiger partial charge on any atom is -0.450 e. The number of furan rings is 1. The van der Waals surface area contributed by atoms with Gasteiger partial charge in [-0.25, -0.2) is 4.98 Å². The van der Waals surface area contributed by atoms with E-state index < -0.39 is 0 Å². The van der Waals surface area contributed by atoms with Gasteiger partial charge in [0.15, 0.2) is 9.80 Å². The summed E-state index contributed by atoms with van der Waals surface area (Å²) in [4.78, 5) is 16.3. The molecule has 4 nitrogen and oxygen atoms in total. The Morgan fingerprint density at radius 1 is 1.38 bits per heavy atom. The van der Waals surface area contributed by atoms with Gasteiger partial charge >= 0.3 is 0 Å². The molecule has 0 spiro atoms. The van der Waals surface area contributed by atoms with Crippen molar-refractivity contribution in [2.24, 2.45) is 0 Å². The number of halogens is 1. The van der Waals surface area contributed by atoms with Gasteiger partial charge in [0.25, 0.3) is 0 Å². The smallest absolute Gasteiger partial charge is 0.250 e. The molecule has 3 aromatic rings. The Hall–Kier alpha value is -1.92. The van der Waals surface area contributed by atoms with Crippen LogP contribution in [0, 0.1) is 6.92 Å². The van der Waals surface area contributed by atoms with E-state index in [9.17, 15) is 4.79 Å². The summed E-state index contributed by atoms with van der Waals surface area (Å²) >= 11 is 4.67. The third kappa shape index (κ3) is 3.22. The van der Waals surface area contributed by atoms with Gasteiger partial charge in [0, 0.05) is 6.08 Å². The Labute approximate surface area is 133 Å². The lowest BCUT2D eigenvalue weighted by atomic mass is 10.2. The molecule has 3 rings (SSSR count). The molecule has 2 heterocycles. The average molecular weight is 363 g/mol. The second kappa shape index (κ2) is 5.83. The SMILES string of the molecule is Cc1cccc2sc(NC(=O)/C=C/c3ccc(Br)o3)nc12. The minimum atomic E-state index is -0.237. The second-order valence-corrected chi connectivity index (χ2v) is 6.22. The van der Waals surface area contributed by atoms with Gasteiger partial charge in [0.05, 0.1) is 10.2 Å². The number of carbonyl (C=O) groups is 1. The van der Waals surface area contributed by atoms with Crippen molar-refractivity contribution in [3.63, 3.8) is 0 Å². The standard InChI is InChI=1S/C15H11BrN2O2S/c1-9-3-2-4-11-14(9)18-15(21-11)17-13(19)8-6-10-5-7-12(16)20-10/h2-8H,1H3,(H,17,18,19)/b8-6+. The van der Waals surface area contributed by atoms with Gasteiger partial charge in [-0.05, 0) is 52.7 Å². The number of benzene rings is 1. The number of anilines is 1. The Balaban J connectivity index is 1.74. The van der Waals surface area contributed by atoms with Crippen molar-refractivity contribution >= 4 is 54.6 Å². The number of aryl methyl sites for hydroxylation is 1. The summed E-state index contributed by atoms with van der Waals surface area (Å²) in [5, 5.41) is 3.36. The van der Waals surface area contributed by atoms with Crippen LogP contribution in [0.1, 0.15) is 11.3 Å². The van der Waals surface area contributed by atoms with Crippen LogP contribution in [0.25, 0.3) is 16.3 Å². The van der Waals surface area contributed by atoms with Crippen molar-refractivity contribution in [3.8, 4) is 0 Å². The van der Waals surface area contributed by atoms with Gasteiger partial charge in [-0.3, -0.25) is 10.1 Å². The van der Waals surface area contributed by atoms with Crippen molar-refractivity contribution < 1.29 is 9.21 Å². The summed E-state index contributed by atoms with van der Waals surface area (Å²) in [6.07, 6.45) is 3.03. The summed E-state index contributed by atoms with van der Waals surface area (Å²) in [6, 6.07) is 9.52. The number of nitrogens with zero attached hydrogens (tertiary/aromatic N) is 1. The lowest BCUT2D eigenvalue weighted by Crippen LogP contribution is -2.07. The Bertz CT molecular complexity index is 835. The minimum absolute atomic E-state index is 0.237. The van der Waals surface area contributed by atoms with Crippen molar-refractivity contribution in [3.05, 3.63) is 52.4 Å². The van der Waals surface area contributed by atoms with Crippen LogP contribution >= 0.6 is 27.3 Å². The molecule has 0 saturated heterocycles. The van der Waals surface area contributed by atoms with Gasteiger partial charge in [-0.2, -0.15) is 0 Å². The molecule has 0 aliphatic heterocycles. The second-order valence-electron chi connectivity index (χ2n) is 4.41. The van der Waals surface area contributed by atoms with Crippen molar-refractivity contribution in [1.29, 1.82) is 0 Å². The van der Waals surface area contributed by atoms with E-state index in [1.807, 2.05) is 25.1 Å². The maximum Gasteiger partial charge on any atom is 0.250 e. The van der Waals surface area contributed by atoms with Crippen LogP contribution in [-0.2, 0) is 4.79 Å². The normalized spacial score (nSPS) is 11.3. The van der Waals surface area contributed by atoms with Crippen LogP contribution in [-0.4, -0.2) is 10.9 Å². The maximum absolute atomic E-state index is 11.9. The summed E-state index contributed by atoms with van der Waals surface area (Å²) in [6.45, 7) is 2.00. The molecule has 0 aliphatic carbocycles. The number of aromatic nitrogens is 1. The number of carbonyl (C=O) groups excluding carboxylic acids is 1. The Morgan fingerprint density at radius 2 is 2.24 bits per heavy atom. The Morgan fingerprint density at radius 3 is 2.95 bits per heavy atom. The van der Waals surface area contributed by atoms with Crippen LogP contribution < -0.4 is 5.32 Å². The lowest BCUT2D eigenvalue weighted by Gasteiger charge is -1.94. The van der Waals surface area contributed by atoms with E-state index in [4.69, 9.17) is 4.42 Å². The lowest BCUT2D eigenvalue weighted by molar-refractivity contribution is -0.111. The molecule has 0 atom stereocenters. The van der Waals surface area contributed by atoms with Crippen molar-refractivity contribution in [2.45, 2.75) is 6.92 Å². The maximum atomic E-state index is 11.9. The summed E-state index contributed by atoms with van der Waals surface area (Å²) in [5.74, 6) is 0.372. The van der Waals surface area contributed by atoms with E-state index in [2.05, 4.69) is 26.2 Å². The highest BCUT2D eigenvalue weighted by Gasteiger charge is 2.07. The third-order valence-electron chi connectivity index (χ3n) is 2.84. The number of nitrogens with one attached hydrogen (secondary N) is 1. The molecular formula is C15H11BrN2O2S. The quantitative estimate of drug-likeness (QED) is 0.692. The first-order chi connectivity index (χ1) is 10.1. The molecule has 2 aromatic heterocycles. The largest absolute Gasteiger partial charge is 0.450 e. The number of rotatable bonds is 3. The van der Waals surface area contributed by atoms with Gasteiger partial charge in [-0.1, -0.05) is 23.5 Å². The molecule has 21 heavy (non-hydrogen) atoms. The third-order valence-corrected chi connectivity index (χ3v) is 4.21. The van der Waals surface area contributed by atoms with Crippen molar-refractivity contribution in [2.75, 3.05) is 5.32 Å². The summed E-state index contributed by atoms with van der Waals surface area (Å²) < 4.78 is 6.97. The van der Waals surface area contributed by atoms with Gasteiger partial charge in [0.1, 0.15) is 5.76 Å². The van der Waals surface area contributed by atoms with E-state index in [0.717, 1.165) is 15.8 Å². The van der Waals surface area contributed by atoms with E-state index >= 15 is 0 Å². The van der Waals surface area contributed by atoms with E-state index in [0.29, 0.717) is 15.6 Å². The fourth-order valence-corrected chi connectivity index (χ4v) is 3.13. The average Bonchev–Trinajstić information content (AvgIpc) is 3.03. The molecule has 0 aliphatic rings. The number of hydrogen-bond donors (Lipinski definition) is 1. The summed E-state index contributed by atoms with van der Waals surface area (Å²) in [5.41, 5.74) is 2.02. The van der Waals surface area contributed by atoms with Crippen LogP contribution in [0.5, 0.6) is 0 Å². The molecule has 6 heteroatoms. The predicted octanol–water partition coefficient (Wildman–Crippen LogP) is 4.61. The first-order valence-corrected chi connectivity index (χ1v) is 7.83. The van der Waals surface area contributed by atoms with Crippen LogP contribution in [0.3, 0.4) is 0 Å². The molecular weight excluding hydrogens is 352 g/mol. The number of thiazole rings is 1. The fraction of sp³-hybridized carbons (Fsp3) is 0.0667. The molecule has 106 valence electrons. The van der Waals surface area contributed by atoms with Crippen LogP contribution in [0.2, 0.25) is 0 Å². The van der Waals surface area contributed by atoms with E-state index in [-0.39, 0.29) is 5.91 Å². The van der Waals surface area contributed by atoms with E-state index in [1.54, 1.807) is 18.2 Å². The fourth-order valence-electron chi connectivity index (χ4n) is 1.86. The molecule has 0 fully saturated rings. The number of hydrogen-bond acceptors (Lipinski definition) is 4. The molecule has 1 N–H and O–H groups in total. The number of fused-ring (bicyclic) bond motifs is 1. The monoisotopic (exact) mass is 362 g/mol. The van der Waals surface area contributed by atoms with Gasteiger partial charge < -0.3 is 4.42 Å². The number of amides is 1. The van der Waals surface area contributed by atoms with Crippen LogP contribution in [0.4, 0.5) is 5.13 Å². The molecule has 1 amide bonds. The van der Waals surface area contributed by atoms with E-state index in [1.165, 1.54) is 17.4 Å². The molecule has 0 radical (unpaired) electrons.